The van der Waals surface area contributed by atoms with E-state index in [9.17, 15) is 4.79 Å². The Labute approximate surface area is 155 Å². The molecule has 0 spiro atoms. The van der Waals surface area contributed by atoms with E-state index in [1.807, 2.05) is 26.0 Å². The number of carbonyl (C=O) groups is 1. The number of hydrogen-bond acceptors (Lipinski definition) is 6. The van der Waals surface area contributed by atoms with Crippen LogP contribution in [0.25, 0.3) is 0 Å². The highest BCUT2D eigenvalue weighted by atomic mass is 16.1. The average molecular weight is 363 g/mol. The molecule has 1 unspecified atom stereocenters. The zero-order valence-electron chi connectivity index (χ0n) is 15.0. The lowest BCUT2D eigenvalue weighted by molar-refractivity contribution is -0.118. The lowest BCUT2D eigenvalue weighted by Gasteiger charge is -2.21. The first kappa shape index (κ1) is 16.9. The third-order valence-corrected chi connectivity index (χ3v) is 4.19. The summed E-state index contributed by atoms with van der Waals surface area (Å²) in [6.07, 6.45) is 8.50. The van der Waals surface area contributed by atoms with Gasteiger partial charge in [-0.15, -0.1) is 0 Å². The monoisotopic (exact) mass is 363 g/mol. The summed E-state index contributed by atoms with van der Waals surface area (Å²) >= 11 is 0. The number of aromatic nitrogens is 2. The Balaban J connectivity index is 1.70. The number of anilines is 1. The fourth-order valence-electron chi connectivity index (χ4n) is 3.16. The topological polar surface area (TPSA) is 110 Å². The molecule has 0 saturated heterocycles. The van der Waals surface area contributed by atoms with Gasteiger partial charge >= 0.3 is 0 Å². The van der Waals surface area contributed by atoms with Gasteiger partial charge in [0.2, 0.25) is 11.6 Å². The molecule has 2 aliphatic rings. The summed E-state index contributed by atoms with van der Waals surface area (Å²) in [6.45, 7) is 4.09. The number of fused-ring (bicyclic) bond motifs is 1. The van der Waals surface area contributed by atoms with Gasteiger partial charge in [0.1, 0.15) is 19.0 Å². The summed E-state index contributed by atoms with van der Waals surface area (Å²) in [5.74, 6) is 0.634. The van der Waals surface area contributed by atoms with Crippen LogP contribution in [0.2, 0.25) is 0 Å². The fourth-order valence-corrected chi connectivity index (χ4v) is 3.16. The predicted molar refractivity (Wildman–Crippen MR) is 105 cm³/mol. The number of nitrogens with zero attached hydrogens (tertiary/aromatic N) is 6. The summed E-state index contributed by atoms with van der Waals surface area (Å²) in [6, 6.07) is 6.17. The number of primary amides is 1. The molecule has 3 heterocycles. The van der Waals surface area contributed by atoms with Crippen molar-refractivity contribution in [1.82, 2.24) is 14.4 Å². The molecule has 1 aromatic carbocycles. The van der Waals surface area contributed by atoms with Crippen molar-refractivity contribution < 1.29 is 4.79 Å². The van der Waals surface area contributed by atoms with Gasteiger partial charge in [-0.3, -0.25) is 14.5 Å². The van der Waals surface area contributed by atoms with Crippen molar-refractivity contribution in [2.75, 3.05) is 5.32 Å². The van der Waals surface area contributed by atoms with Crippen LogP contribution in [-0.4, -0.2) is 33.7 Å². The number of amides is 1. The number of benzene rings is 1. The Morgan fingerprint density at radius 2 is 2.04 bits per heavy atom. The highest BCUT2D eigenvalue weighted by Gasteiger charge is 2.43. The van der Waals surface area contributed by atoms with Gasteiger partial charge in [0.05, 0.1) is 12.4 Å². The number of guanidine groups is 1. The third kappa shape index (κ3) is 3.15. The van der Waals surface area contributed by atoms with Gasteiger partial charge in [0.15, 0.2) is 6.20 Å². The van der Waals surface area contributed by atoms with Crippen molar-refractivity contribution in [3.05, 3.63) is 54.1 Å². The van der Waals surface area contributed by atoms with E-state index in [0.717, 1.165) is 22.5 Å². The molecule has 27 heavy (non-hydrogen) atoms. The van der Waals surface area contributed by atoms with Gasteiger partial charge in [0.25, 0.3) is 11.8 Å². The summed E-state index contributed by atoms with van der Waals surface area (Å²) in [4.78, 5) is 19.9. The second-order valence-electron chi connectivity index (χ2n) is 6.52. The van der Waals surface area contributed by atoms with Crippen LogP contribution in [0.15, 0.2) is 58.1 Å². The molecule has 136 valence electrons. The molecule has 1 amide bonds. The number of aryl methyl sites for hydroxylation is 2. The maximum absolute atomic E-state index is 11.2. The number of hydrogen-bond donors (Lipinski definition) is 2. The molecule has 3 N–H and O–H groups in total. The van der Waals surface area contributed by atoms with Crippen LogP contribution in [-0.2, 0) is 11.3 Å². The predicted octanol–water partition coefficient (Wildman–Crippen LogP) is 1.64. The van der Waals surface area contributed by atoms with Crippen LogP contribution in [0.3, 0.4) is 0 Å². The minimum absolute atomic E-state index is 0.00166. The minimum Gasteiger partial charge on any atom is -0.368 e. The molecule has 0 bridgehead atoms. The van der Waals surface area contributed by atoms with Crippen LogP contribution in [0, 0.1) is 13.8 Å². The Morgan fingerprint density at radius 1 is 1.26 bits per heavy atom. The van der Waals surface area contributed by atoms with E-state index in [4.69, 9.17) is 10.8 Å². The van der Waals surface area contributed by atoms with E-state index < -0.39 is 5.91 Å². The molecule has 2 aromatic rings. The number of rotatable bonds is 4. The fraction of sp³-hybridized carbons (Fsp3) is 0.167. The molecular formula is C18H19N8O+. The summed E-state index contributed by atoms with van der Waals surface area (Å²) in [7, 11) is 0. The first-order chi connectivity index (χ1) is 12.9. The summed E-state index contributed by atoms with van der Waals surface area (Å²) in [5.41, 5.74) is 9.20. The number of nitrogens with two attached hydrogens (primary N) is 1. The normalized spacial score (nSPS) is 20.2. The molecule has 1 atom stereocenters. The molecule has 4 rings (SSSR count). The van der Waals surface area contributed by atoms with Crippen molar-refractivity contribution in [2.45, 2.75) is 20.4 Å². The van der Waals surface area contributed by atoms with Crippen molar-refractivity contribution in [1.29, 1.82) is 0 Å². The first-order valence-electron chi connectivity index (χ1n) is 8.40. The maximum atomic E-state index is 11.2. The van der Waals surface area contributed by atoms with Gasteiger partial charge in [0, 0.05) is 5.69 Å². The second-order valence-corrected chi connectivity index (χ2v) is 6.52. The molecule has 1 aromatic heterocycles. The number of quaternary nitrogens is 1. The highest BCUT2D eigenvalue weighted by Crippen LogP contribution is 2.30. The summed E-state index contributed by atoms with van der Waals surface area (Å²) < 4.78 is 1.47. The van der Waals surface area contributed by atoms with Crippen molar-refractivity contribution in [3.8, 4) is 0 Å². The quantitative estimate of drug-likeness (QED) is 0.806. The van der Waals surface area contributed by atoms with Crippen molar-refractivity contribution in [2.24, 2.45) is 20.8 Å². The van der Waals surface area contributed by atoms with Gasteiger partial charge in [-0.2, -0.15) is 10.1 Å². The molecular weight excluding hydrogens is 344 g/mol. The van der Waals surface area contributed by atoms with E-state index in [1.165, 1.54) is 4.68 Å². The Hall–Kier alpha value is -3.59. The van der Waals surface area contributed by atoms with Crippen molar-refractivity contribution >= 4 is 35.3 Å². The molecule has 2 aliphatic heterocycles. The minimum atomic E-state index is -0.462. The molecule has 0 fully saturated rings. The Kier molecular flexibility index (Phi) is 3.93. The lowest BCUT2D eigenvalue weighted by atomic mass is 10.1. The number of nitrogens with one attached hydrogen (secondary N) is 1. The van der Waals surface area contributed by atoms with Crippen LogP contribution in [0.4, 0.5) is 11.4 Å². The zero-order chi connectivity index (χ0) is 19.0. The molecule has 9 nitrogen and oxygen atoms in total. The molecule has 0 aliphatic carbocycles. The third-order valence-electron chi connectivity index (χ3n) is 4.19. The van der Waals surface area contributed by atoms with E-state index in [-0.39, 0.29) is 11.1 Å². The van der Waals surface area contributed by atoms with Gasteiger partial charge in [-0.25, -0.2) is 0 Å². The van der Waals surface area contributed by atoms with E-state index in [0.29, 0.717) is 11.8 Å². The number of carbonyl (C=O) groups excluding carboxylic acids is 1. The van der Waals surface area contributed by atoms with E-state index >= 15 is 0 Å². The Bertz CT molecular complexity index is 1030. The van der Waals surface area contributed by atoms with Crippen molar-refractivity contribution in [3.63, 3.8) is 0 Å². The largest absolute Gasteiger partial charge is 0.368 e. The second kappa shape index (κ2) is 6.29. The first-order valence-corrected chi connectivity index (χ1v) is 8.40. The summed E-state index contributed by atoms with van der Waals surface area (Å²) in [5, 5.41) is 12.2. The number of amidine groups is 1. The van der Waals surface area contributed by atoms with E-state index in [2.05, 4.69) is 26.5 Å². The van der Waals surface area contributed by atoms with Gasteiger partial charge in [-0.05, 0) is 42.2 Å². The molecule has 0 radical (unpaired) electrons. The number of aliphatic imine (C=N–C) groups is 2. The molecule has 9 heteroatoms. The Morgan fingerprint density at radius 3 is 2.78 bits per heavy atom. The average Bonchev–Trinajstić information content (AvgIpc) is 3.17. The smallest absolute Gasteiger partial charge is 0.287 e. The van der Waals surface area contributed by atoms with Gasteiger partial charge < -0.3 is 11.1 Å². The SMILES string of the molecule is Cc1cc(C)cc(NC2=N[N+]3(c4cnn(CC(N)=O)c4)C=CN=CC3=N2)c1. The zero-order valence-corrected chi connectivity index (χ0v) is 15.0. The van der Waals surface area contributed by atoms with Gasteiger partial charge in [-0.1, -0.05) is 10.7 Å². The van der Waals surface area contributed by atoms with Crippen LogP contribution in [0.5, 0.6) is 0 Å². The standard InChI is InChI=1S/C18H18N8O/c1-12-5-13(2)7-14(6-12)22-18-23-17-9-20-3-4-26(17,24-18)15-8-21-25(10-15)11-16(19)27/h3-10H,11H2,1-2H3,(H2-,19,22,24,27)/p+1. The highest BCUT2D eigenvalue weighted by molar-refractivity contribution is 6.38. The lowest BCUT2D eigenvalue weighted by Crippen LogP contribution is -2.44. The van der Waals surface area contributed by atoms with E-state index in [1.54, 1.807) is 31.0 Å². The maximum Gasteiger partial charge on any atom is 0.287 e. The van der Waals surface area contributed by atoms with Crippen LogP contribution in [0.1, 0.15) is 11.1 Å². The van der Waals surface area contributed by atoms with Crippen LogP contribution < -0.4 is 15.6 Å². The molecule has 0 saturated carbocycles. The van der Waals surface area contributed by atoms with Crippen LogP contribution >= 0.6 is 0 Å².